The van der Waals surface area contributed by atoms with E-state index in [2.05, 4.69) is 15.2 Å². The lowest BCUT2D eigenvalue weighted by Gasteiger charge is -2.43. The van der Waals surface area contributed by atoms with Gasteiger partial charge in [-0.15, -0.1) is 0 Å². The highest BCUT2D eigenvalue weighted by atomic mass is 19.4. The number of likely N-dealkylation sites (tertiary alicyclic amines) is 1. The molecule has 1 unspecified atom stereocenters. The summed E-state index contributed by atoms with van der Waals surface area (Å²) in [4.78, 5) is 21.4. The van der Waals surface area contributed by atoms with Crippen LogP contribution in [0.1, 0.15) is 36.0 Å². The summed E-state index contributed by atoms with van der Waals surface area (Å²) in [5, 5.41) is 12.6. The number of pyridine rings is 1. The number of ether oxygens (including phenoxy) is 2. The highest BCUT2D eigenvalue weighted by molar-refractivity contribution is 5.70. The summed E-state index contributed by atoms with van der Waals surface area (Å²) in [6, 6.07) is 13.2. The molecule has 2 aliphatic rings. The van der Waals surface area contributed by atoms with E-state index in [-0.39, 0.29) is 43.3 Å². The monoisotopic (exact) mass is 597 g/mol. The molecule has 12 heteroatoms. The lowest BCUT2D eigenvalue weighted by Crippen LogP contribution is -2.54. The number of likely N-dealkylation sites (N-methyl/N-ethyl adjacent to an activating group) is 1. The van der Waals surface area contributed by atoms with Gasteiger partial charge >= 0.3 is 12.3 Å². The predicted molar refractivity (Wildman–Crippen MR) is 151 cm³/mol. The number of nitriles is 1. The lowest BCUT2D eigenvalue weighted by molar-refractivity contribution is -0.137. The van der Waals surface area contributed by atoms with Crippen LogP contribution < -0.4 is 15.0 Å². The number of hydrogen-bond acceptors (Lipinski definition) is 7. The van der Waals surface area contributed by atoms with Crippen molar-refractivity contribution in [2.75, 3.05) is 45.2 Å². The average Bonchev–Trinajstić information content (AvgIpc) is 3.40. The number of rotatable bonds is 6. The smallest absolute Gasteiger partial charge is 0.416 e. The Bertz CT molecular complexity index is 1530. The largest absolute Gasteiger partial charge is 0.496 e. The number of methoxy groups -OCH3 is 1. The SMILES string of the molecule is COc1ccccc1-c1ncc(C2(NC(=O)OC3CCN(C)C3)CCN(c3ccc(C(F)(F)F)cc3C#N)CC2)cc1F. The Morgan fingerprint density at radius 2 is 1.88 bits per heavy atom. The molecule has 2 aliphatic heterocycles. The number of piperidine rings is 1. The van der Waals surface area contributed by atoms with Crippen molar-refractivity contribution >= 4 is 11.8 Å². The van der Waals surface area contributed by atoms with E-state index in [0.29, 0.717) is 35.5 Å². The molecular weight excluding hydrogens is 566 g/mol. The molecule has 0 spiro atoms. The summed E-state index contributed by atoms with van der Waals surface area (Å²) in [5.74, 6) is -0.149. The van der Waals surface area contributed by atoms with Gasteiger partial charge in [-0.05, 0) is 68.3 Å². The first-order valence-electron chi connectivity index (χ1n) is 13.9. The first-order chi connectivity index (χ1) is 20.5. The number of alkyl halides is 3. The maximum absolute atomic E-state index is 15.7. The first-order valence-corrected chi connectivity index (χ1v) is 13.9. The molecule has 8 nitrogen and oxygen atoms in total. The van der Waals surface area contributed by atoms with Crippen LogP contribution in [0.3, 0.4) is 0 Å². The topological polar surface area (TPSA) is 90.7 Å². The Morgan fingerprint density at radius 3 is 2.51 bits per heavy atom. The molecule has 43 heavy (non-hydrogen) atoms. The molecular formula is C31H31F4N5O3. The van der Waals surface area contributed by atoms with E-state index >= 15 is 4.39 Å². The summed E-state index contributed by atoms with van der Waals surface area (Å²) in [6.07, 6.45) is -2.78. The Labute approximate surface area is 246 Å². The second-order valence-corrected chi connectivity index (χ2v) is 10.9. The Balaban J connectivity index is 1.44. The van der Waals surface area contributed by atoms with E-state index in [9.17, 15) is 23.2 Å². The number of benzene rings is 2. The van der Waals surface area contributed by atoms with Crippen molar-refractivity contribution in [1.29, 1.82) is 5.26 Å². The maximum Gasteiger partial charge on any atom is 0.416 e. The maximum atomic E-state index is 15.7. The molecule has 1 N–H and O–H groups in total. The molecule has 2 saturated heterocycles. The third kappa shape index (κ3) is 6.37. The number of carbonyl (C=O) groups excluding carboxylic acids is 1. The van der Waals surface area contributed by atoms with Gasteiger partial charge in [0.05, 0.1) is 29.5 Å². The minimum atomic E-state index is -4.58. The number of halogens is 4. The summed E-state index contributed by atoms with van der Waals surface area (Å²) >= 11 is 0. The molecule has 0 saturated carbocycles. The zero-order chi connectivity index (χ0) is 30.8. The fraction of sp³-hybridized carbons (Fsp3) is 0.387. The molecule has 0 radical (unpaired) electrons. The molecule has 3 aromatic rings. The summed E-state index contributed by atoms with van der Waals surface area (Å²) in [6.45, 7) is 1.93. The van der Waals surface area contributed by atoms with Gasteiger partial charge in [0.15, 0.2) is 0 Å². The number of nitrogens with zero attached hydrogens (tertiary/aromatic N) is 4. The summed E-state index contributed by atoms with van der Waals surface area (Å²) < 4.78 is 66.5. The van der Waals surface area contributed by atoms with Crippen molar-refractivity contribution in [2.45, 2.75) is 37.1 Å². The van der Waals surface area contributed by atoms with E-state index in [4.69, 9.17) is 9.47 Å². The van der Waals surface area contributed by atoms with Crippen LogP contribution in [0.25, 0.3) is 11.3 Å². The van der Waals surface area contributed by atoms with Gasteiger partial charge in [0.25, 0.3) is 0 Å². The van der Waals surface area contributed by atoms with Crippen LogP contribution in [-0.4, -0.2) is 62.4 Å². The van der Waals surface area contributed by atoms with E-state index in [0.717, 1.165) is 18.7 Å². The Kier molecular flexibility index (Phi) is 8.46. The quantitative estimate of drug-likeness (QED) is 0.364. The normalized spacial score (nSPS) is 18.6. The molecule has 0 aliphatic carbocycles. The number of para-hydroxylation sites is 1. The van der Waals surface area contributed by atoms with Gasteiger partial charge in [-0.25, -0.2) is 9.18 Å². The van der Waals surface area contributed by atoms with Gasteiger partial charge in [0.1, 0.15) is 29.4 Å². The van der Waals surface area contributed by atoms with Crippen molar-refractivity contribution in [3.8, 4) is 23.1 Å². The van der Waals surface area contributed by atoms with Crippen LogP contribution >= 0.6 is 0 Å². The van der Waals surface area contributed by atoms with Crippen LogP contribution in [0, 0.1) is 17.1 Å². The third-order valence-electron chi connectivity index (χ3n) is 8.12. The van der Waals surface area contributed by atoms with E-state index in [1.165, 1.54) is 25.4 Å². The number of nitrogens with one attached hydrogen (secondary N) is 1. The number of anilines is 1. The fourth-order valence-corrected chi connectivity index (χ4v) is 5.80. The second kappa shape index (κ2) is 12.1. The standard InChI is InChI=1S/C31H31F4N5O3/c1-39-12-9-23(19-39)43-29(41)38-30(22-16-25(32)28(37-18-22)24-5-3-4-6-27(24)42-2)10-13-40(14-11-30)26-8-7-21(31(33,34)35)15-20(26)17-36/h3-8,15-16,18,23H,9-14,19H2,1-2H3,(H,38,41). The number of hydrogen-bond donors (Lipinski definition) is 1. The molecule has 1 aromatic heterocycles. The molecule has 0 bridgehead atoms. The van der Waals surface area contributed by atoms with Crippen molar-refractivity contribution in [2.24, 2.45) is 0 Å². The zero-order valence-corrected chi connectivity index (χ0v) is 23.7. The van der Waals surface area contributed by atoms with Crippen molar-refractivity contribution in [1.82, 2.24) is 15.2 Å². The highest BCUT2D eigenvalue weighted by Gasteiger charge is 2.41. The highest BCUT2D eigenvalue weighted by Crippen LogP contribution is 2.39. The third-order valence-corrected chi connectivity index (χ3v) is 8.12. The summed E-state index contributed by atoms with van der Waals surface area (Å²) in [5.41, 5.74) is -0.736. The van der Waals surface area contributed by atoms with E-state index < -0.39 is 29.2 Å². The molecule has 226 valence electrons. The van der Waals surface area contributed by atoms with Gasteiger partial charge in [-0.2, -0.15) is 18.4 Å². The minimum absolute atomic E-state index is 0.0915. The molecule has 3 heterocycles. The van der Waals surface area contributed by atoms with Crippen molar-refractivity contribution < 1.29 is 31.8 Å². The first kappa shape index (κ1) is 30.1. The minimum Gasteiger partial charge on any atom is -0.496 e. The zero-order valence-electron chi connectivity index (χ0n) is 23.7. The predicted octanol–water partition coefficient (Wildman–Crippen LogP) is 5.71. The van der Waals surface area contributed by atoms with E-state index in [1.54, 1.807) is 29.2 Å². The number of amides is 1. The Morgan fingerprint density at radius 1 is 1.14 bits per heavy atom. The Hall–Kier alpha value is -4.37. The van der Waals surface area contributed by atoms with E-state index in [1.807, 2.05) is 13.1 Å². The van der Waals surface area contributed by atoms with Crippen molar-refractivity contribution in [3.63, 3.8) is 0 Å². The number of alkyl carbamates (subject to hydrolysis) is 1. The van der Waals surface area contributed by atoms with Gasteiger partial charge in [-0.1, -0.05) is 12.1 Å². The van der Waals surface area contributed by atoms with Crippen LogP contribution in [0.5, 0.6) is 5.75 Å². The average molecular weight is 598 g/mol. The molecule has 2 aromatic carbocycles. The van der Waals surface area contributed by atoms with Gasteiger partial charge in [0, 0.05) is 37.9 Å². The molecule has 5 rings (SSSR count). The molecule has 2 fully saturated rings. The van der Waals surface area contributed by atoms with Gasteiger partial charge < -0.3 is 24.6 Å². The van der Waals surface area contributed by atoms with Crippen LogP contribution in [0.15, 0.2) is 54.7 Å². The molecule has 1 amide bonds. The van der Waals surface area contributed by atoms with Gasteiger partial charge in [0.2, 0.25) is 0 Å². The lowest BCUT2D eigenvalue weighted by atomic mass is 9.81. The fourth-order valence-electron chi connectivity index (χ4n) is 5.80. The van der Waals surface area contributed by atoms with Crippen LogP contribution in [0.4, 0.5) is 28.0 Å². The van der Waals surface area contributed by atoms with Crippen LogP contribution in [0.2, 0.25) is 0 Å². The van der Waals surface area contributed by atoms with Crippen molar-refractivity contribution in [3.05, 3.63) is 77.2 Å². The second-order valence-electron chi connectivity index (χ2n) is 10.9. The summed E-state index contributed by atoms with van der Waals surface area (Å²) in [7, 11) is 3.42. The van der Waals surface area contributed by atoms with Gasteiger partial charge in [-0.3, -0.25) is 4.98 Å². The number of carbonyl (C=O) groups is 1. The number of aromatic nitrogens is 1. The molecule has 1 atom stereocenters. The van der Waals surface area contributed by atoms with Crippen LogP contribution in [-0.2, 0) is 16.5 Å².